The number of carbonyl (C=O) groups is 1. The van der Waals surface area contributed by atoms with E-state index < -0.39 is 5.97 Å². The quantitative estimate of drug-likeness (QED) is 0.725. The van der Waals surface area contributed by atoms with Gasteiger partial charge in [0.05, 0.1) is 11.3 Å². The average Bonchev–Trinajstić information content (AvgIpc) is 3.43. The minimum absolute atomic E-state index is 0.352. The number of fused-ring (bicyclic) bond motifs is 3. The van der Waals surface area contributed by atoms with E-state index in [-0.39, 0.29) is 0 Å². The Labute approximate surface area is 152 Å². The van der Waals surface area contributed by atoms with Crippen molar-refractivity contribution in [1.82, 2.24) is 9.97 Å². The van der Waals surface area contributed by atoms with E-state index in [4.69, 9.17) is 0 Å². The van der Waals surface area contributed by atoms with Crippen molar-refractivity contribution in [3.63, 3.8) is 0 Å². The van der Waals surface area contributed by atoms with Crippen LogP contribution in [0.1, 0.15) is 70.0 Å². The third kappa shape index (κ3) is 2.70. The van der Waals surface area contributed by atoms with Crippen molar-refractivity contribution >= 4 is 16.9 Å². The van der Waals surface area contributed by atoms with E-state index in [0.717, 1.165) is 36.8 Å². The van der Waals surface area contributed by atoms with Crippen molar-refractivity contribution in [1.29, 1.82) is 0 Å². The first kappa shape index (κ1) is 15.6. The van der Waals surface area contributed by atoms with Crippen LogP contribution in [0.3, 0.4) is 0 Å². The van der Waals surface area contributed by atoms with Gasteiger partial charge in [-0.1, -0.05) is 6.07 Å². The molecule has 0 atom stereocenters. The van der Waals surface area contributed by atoms with Crippen LogP contribution in [0.15, 0.2) is 30.5 Å². The van der Waals surface area contributed by atoms with Crippen molar-refractivity contribution in [2.45, 2.75) is 50.9 Å². The lowest BCUT2D eigenvalue weighted by atomic mass is 9.94. The number of pyridine rings is 1. The highest BCUT2D eigenvalue weighted by Crippen LogP contribution is 2.40. The van der Waals surface area contributed by atoms with Crippen molar-refractivity contribution < 1.29 is 9.90 Å². The standard InChI is InChI=1S/C22H22N2O2/c25-22(26)18-11-15(14-6-7-14)12-23-21(18)10-13-5-8-20-17(9-13)16-3-1-2-4-19(16)24-20/h5,8-9,11-12,14,24H,1-4,6-7,10H2,(H,25,26). The van der Waals surface area contributed by atoms with Gasteiger partial charge < -0.3 is 10.1 Å². The van der Waals surface area contributed by atoms with Gasteiger partial charge in [0.15, 0.2) is 0 Å². The van der Waals surface area contributed by atoms with Crippen LogP contribution in [0.25, 0.3) is 10.9 Å². The van der Waals surface area contributed by atoms with Gasteiger partial charge in [-0.15, -0.1) is 0 Å². The molecule has 2 aromatic heterocycles. The van der Waals surface area contributed by atoms with E-state index >= 15 is 0 Å². The van der Waals surface area contributed by atoms with Gasteiger partial charge in [-0.25, -0.2) is 4.79 Å². The minimum atomic E-state index is -0.880. The summed E-state index contributed by atoms with van der Waals surface area (Å²) in [7, 11) is 0. The molecule has 2 aliphatic rings. The first-order valence-corrected chi connectivity index (χ1v) is 9.53. The monoisotopic (exact) mass is 346 g/mol. The fourth-order valence-electron chi connectivity index (χ4n) is 4.23. The number of benzene rings is 1. The second-order valence-corrected chi connectivity index (χ2v) is 7.69. The van der Waals surface area contributed by atoms with Gasteiger partial charge in [0.2, 0.25) is 0 Å². The van der Waals surface area contributed by atoms with Gasteiger partial charge in [-0.05, 0) is 79.3 Å². The Morgan fingerprint density at radius 1 is 1.19 bits per heavy atom. The smallest absolute Gasteiger partial charge is 0.337 e. The maximum absolute atomic E-state index is 11.7. The van der Waals surface area contributed by atoms with Gasteiger partial charge in [0.1, 0.15) is 0 Å². The Balaban J connectivity index is 1.51. The molecule has 1 fully saturated rings. The zero-order chi connectivity index (χ0) is 17.7. The van der Waals surface area contributed by atoms with Gasteiger partial charge in [-0.3, -0.25) is 4.98 Å². The maximum atomic E-state index is 11.7. The Kier molecular flexibility index (Phi) is 3.59. The summed E-state index contributed by atoms with van der Waals surface area (Å²) in [5, 5.41) is 10.9. The highest BCUT2D eigenvalue weighted by atomic mass is 16.4. The van der Waals surface area contributed by atoms with E-state index in [1.165, 1.54) is 35.0 Å². The fraction of sp³-hybridized carbons (Fsp3) is 0.364. The SMILES string of the molecule is O=C(O)c1cc(C2CC2)cnc1Cc1ccc2[nH]c3c(c2c1)CCCC3. The van der Waals surface area contributed by atoms with Crippen LogP contribution < -0.4 is 0 Å². The molecule has 2 aliphatic carbocycles. The largest absolute Gasteiger partial charge is 0.478 e. The number of aromatic carboxylic acids is 1. The molecule has 0 aliphatic heterocycles. The summed E-state index contributed by atoms with van der Waals surface area (Å²) in [5.41, 5.74) is 7.22. The normalized spacial score (nSPS) is 16.6. The predicted molar refractivity (Wildman–Crippen MR) is 101 cm³/mol. The van der Waals surface area contributed by atoms with Gasteiger partial charge in [0.25, 0.3) is 0 Å². The summed E-state index contributed by atoms with van der Waals surface area (Å²) in [6.45, 7) is 0. The van der Waals surface area contributed by atoms with Crippen LogP contribution >= 0.6 is 0 Å². The van der Waals surface area contributed by atoms with Crippen LogP contribution in [0, 0.1) is 0 Å². The van der Waals surface area contributed by atoms with Crippen molar-refractivity contribution in [2.75, 3.05) is 0 Å². The van der Waals surface area contributed by atoms with E-state index in [1.807, 2.05) is 12.3 Å². The predicted octanol–water partition coefficient (Wildman–Crippen LogP) is 4.61. The molecule has 0 saturated heterocycles. The Morgan fingerprint density at radius 2 is 2.04 bits per heavy atom. The molecule has 1 aromatic carbocycles. The molecule has 0 radical (unpaired) electrons. The third-order valence-electron chi connectivity index (χ3n) is 5.80. The number of hydrogen-bond donors (Lipinski definition) is 2. The lowest BCUT2D eigenvalue weighted by Crippen LogP contribution is -2.07. The number of carboxylic acids is 1. The molecule has 1 saturated carbocycles. The zero-order valence-corrected chi connectivity index (χ0v) is 14.7. The Morgan fingerprint density at radius 3 is 2.85 bits per heavy atom. The number of H-pyrrole nitrogens is 1. The summed E-state index contributed by atoms with van der Waals surface area (Å²) >= 11 is 0. The molecule has 4 nitrogen and oxygen atoms in total. The molecule has 0 spiro atoms. The lowest BCUT2D eigenvalue weighted by Gasteiger charge is -2.11. The molecule has 2 heterocycles. The van der Waals surface area contributed by atoms with E-state index in [9.17, 15) is 9.90 Å². The van der Waals surface area contributed by atoms with Gasteiger partial charge in [-0.2, -0.15) is 0 Å². The van der Waals surface area contributed by atoms with E-state index in [0.29, 0.717) is 23.6 Å². The van der Waals surface area contributed by atoms with Crippen LogP contribution in [0.4, 0.5) is 0 Å². The first-order valence-electron chi connectivity index (χ1n) is 9.53. The van der Waals surface area contributed by atoms with E-state index in [2.05, 4.69) is 28.2 Å². The number of nitrogens with zero attached hydrogens (tertiary/aromatic N) is 1. The van der Waals surface area contributed by atoms with Crippen LogP contribution in [0.2, 0.25) is 0 Å². The number of nitrogens with one attached hydrogen (secondary N) is 1. The molecular formula is C22H22N2O2. The van der Waals surface area contributed by atoms with Crippen molar-refractivity contribution in [3.05, 3.63) is 64.1 Å². The molecule has 132 valence electrons. The van der Waals surface area contributed by atoms with Gasteiger partial charge in [0, 0.05) is 29.2 Å². The molecule has 3 aromatic rings. The van der Waals surface area contributed by atoms with Crippen molar-refractivity contribution in [2.24, 2.45) is 0 Å². The zero-order valence-electron chi connectivity index (χ0n) is 14.7. The maximum Gasteiger partial charge on any atom is 0.337 e. The average molecular weight is 346 g/mol. The number of aryl methyl sites for hydroxylation is 2. The third-order valence-corrected chi connectivity index (χ3v) is 5.80. The topological polar surface area (TPSA) is 66.0 Å². The second-order valence-electron chi connectivity index (χ2n) is 7.69. The number of aromatic amines is 1. The molecule has 5 rings (SSSR count). The fourth-order valence-corrected chi connectivity index (χ4v) is 4.23. The number of aromatic nitrogens is 2. The number of hydrogen-bond acceptors (Lipinski definition) is 2. The number of carboxylic acid groups (broad SMARTS) is 1. The van der Waals surface area contributed by atoms with Crippen LogP contribution in [0.5, 0.6) is 0 Å². The summed E-state index contributed by atoms with van der Waals surface area (Å²) in [6.07, 6.45) is 9.49. The first-order chi connectivity index (χ1) is 12.7. The highest BCUT2D eigenvalue weighted by molar-refractivity contribution is 5.89. The molecule has 0 unspecified atom stereocenters. The Hall–Kier alpha value is -2.62. The highest BCUT2D eigenvalue weighted by Gasteiger charge is 2.26. The molecule has 2 N–H and O–H groups in total. The molecule has 0 amide bonds. The number of rotatable bonds is 4. The summed E-state index contributed by atoms with van der Waals surface area (Å²) in [5.74, 6) is -0.368. The van der Waals surface area contributed by atoms with Crippen LogP contribution in [-0.2, 0) is 19.3 Å². The molecule has 0 bridgehead atoms. The minimum Gasteiger partial charge on any atom is -0.478 e. The Bertz CT molecular complexity index is 1010. The van der Waals surface area contributed by atoms with Crippen molar-refractivity contribution in [3.8, 4) is 0 Å². The summed E-state index contributed by atoms with van der Waals surface area (Å²) < 4.78 is 0. The molecule has 26 heavy (non-hydrogen) atoms. The van der Waals surface area contributed by atoms with Gasteiger partial charge >= 0.3 is 5.97 Å². The summed E-state index contributed by atoms with van der Waals surface area (Å²) in [4.78, 5) is 19.8. The van der Waals surface area contributed by atoms with E-state index in [1.54, 1.807) is 0 Å². The molecular weight excluding hydrogens is 324 g/mol. The molecule has 4 heteroatoms. The second kappa shape index (κ2) is 5.97. The lowest BCUT2D eigenvalue weighted by molar-refractivity contribution is 0.0695. The van der Waals surface area contributed by atoms with Crippen LogP contribution in [-0.4, -0.2) is 21.0 Å². The summed E-state index contributed by atoms with van der Waals surface area (Å²) in [6, 6.07) is 8.27.